The van der Waals surface area contributed by atoms with Gasteiger partial charge >= 0.3 is 0 Å². The van der Waals surface area contributed by atoms with Crippen LogP contribution in [0.15, 0.2) is 29.8 Å². The molecule has 2 aliphatic heterocycles. The molecule has 1 N–H and O–H groups in total. The minimum absolute atomic E-state index is 0.133. The fourth-order valence-corrected chi connectivity index (χ4v) is 3.42. The maximum absolute atomic E-state index is 9.81. The first-order valence-corrected chi connectivity index (χ1v) is 7.53. The molecule has 0 radical (unpaired) electrons. The highest BCUT2D eigenvalue weighted by Crippen LogP contribution is 2.31. The fraction of sp³-hybridized carbons (Fsp3) is 0.529. The third kappa shape index (κ3) is 2.89. The molecule has 0 unspecified atom stereocenters. The van der Waals surface area contributed by atoms with Crippen LogP contribution in [-0.4, -0.2) is 42.4 Å². The van der Waals surface area contributed by atoms with Crippen LogP contribution in [0.4, 0.5) is 0 Å². The molecule has 1 aromatic carbocycles. The van der Waals surface area contributed by atoms with Gasteiger partial charge in [0.2, 0.25) is 0 Å². The maximum Gasteiger partial charge on any atom is 0.118 e. The second-order valence-electron chi connectivity index (χ2n) is 5.84. The summed E-state index contributed by atoms with van der Waals surface area (Å²) in [5.74, 6) is 0.901. The van der Waals surface area contributed by atoms with E-state index >= 15 is 0 Å². The third-order valence-corrected chi connectivity index (χ3v) is 4.47. The summed E-state index contributed by atoms with van der Waals surface area (Å²) in [7, 11) is 1.69. The van der Waals surface area contributed by atoms with E-state index in [9.17, 15) is 5.11 Å². The quantitative estimate of drug-likeness (QED) is 0.899. The molecule has 0 amide bonds. The number of aliphatic hydroxyl groups is 1. The van der Waals surface area contributed by atoms with Crippen molar-refractivity contribution >= 4 is 6.08 Å². The summed E-state index contributed by atoms with van der Waals surface area (Å²) in [5.41, 5.74) is 2.77. The average molecular weight is 273 g/mol. The van der Waals surface area contributed by atoms with Crippen molar-refractivity contribution in [1.29, 1.82) is 0 Å². The van der Waals surface area contributed by atoms with E-state index in [1.54, 1.807) is 7.11 Å². The normalized spacial score (nSPS) is 29.2. The van der Waals surface area contributed by atoms with E-state index < -0.39 is 0 Å². The van der Waals surface area contributed by atoms with Crippen LogP contribution in [0.2, 0.25) is 0 Å². The first-order chi connectivity index (χ1) is 9.76. The first-order valence-electron chi connectivity index (χ1n) is 7.53. The summed E-state index contributed by atoms with van der Waals surface area (Å²) in [6.45, 7) is 1.96. The van der Waals surface area contributed by atoms with E-state index in [-0.39, 0.29) is 6.10 Å². The van der Waals surface area contributed by atoms with Crippen LogP contribution >= 0.6 is 0 Å². The van der Waals surface area contributed by atoms with Crippen molar-refractivity contribution in [3.63, 3.8) is 0 Å². The molecule has 3 rings (SSSR count). The predicted octanol–water partition coefficient (Wildman–Crippen LogP) is 2.70. The predicted molar refractivity (Wildman–Crippen MR) is 80.8 cm³/mol. The van der Waals surface area contributed by atoms with Crippen molar-refractivity contribution in [3.8, 4) is 5.75 Å². The monoisotopic (exact) mass is 273 g/mol. The Bertz CT molecular complexity index is 480. The van der Waals surface area contributed by atoms with Gasteiger partial charge in [0.25, 0.3) is 0 Å². The SMILES string of the molecule is COc1ccc(/C=C2\CCCN3C[C@@H](O)CC[C@H]23)cc1. The smallest absolute Gasteiger partial charge is 0.118 e. The van der Waals surface area contributed by atoms with Gasteiger partial charge in [-0.05, 0) is 49.9 Å². The zero-order valence-corrected chi connectivity index (χ0v) is 12.1. The van der Waals surface area contributed by atoms with Gasteiger partial charge in [0.05, 0.1) is 13.2 Å². The molecule has 0 aliphatic carbocycles. The lowest BCUT2D eigenvalue weighted by Gasteiger charge is -2.42. The number of hydrogen-bond acceptors (Lipinski definition) is 3. The number of methoxy groups -OCH3 is 1. The maximum atomic E-state index is 9.81. The Kier molecular flexibility index (Phi) is 4.08. The fourth-order valence-electron chi connectivity index (χ4n) is 3.42. The van der Waals surface area contributed by atoms with Crippen LogP contribution in [0.1, 0.15) is 31.2 Å². The van der Waals surface area contributed by atoms with E-state index in [0.717, 1.165) is 31.7 Å². The molecule has 2 atom stereocenters. The molecule has 2 aliphatic rings. The molecule has 0 spiro atoms. The van der Waals surface area contributed by atoms with E-state index in [0.29, 0.717) is 6.04 Å². The summed E-state index contributed by atoms with van der Waals surface area (Å²) in [6.07, 6.45) is 6.60. The van der Waals surface area contributed by atoms with Gasteiger partial charge < -0.3 is 9.84 Å². The van der Waals surface area contributed by atoms with Crippen LogP contribution in [0, 0.1) is 0 Å². The Hall–Kier alpha value is -1.32. The number of fused-ring (bicyclic) bond motifs is 1. The highest BCUT2D eigenvalue weighted by molar-refractivity contribution is 5.55. The Morgan fingerprint density at radius 3 is 2.80 bits per heavy atom. The molecule has 2 saturated heterocycles. The van der Waals surface area contributed by atoms with E-state index in [1.165, 1.54) is 24.0 Å². The van der Waals surface area contributed by atoms with Crippen LogP contribution in [0.3, 0.4) is 0 Å². The summed E-state index contributed by atoms with van der Waals surface area (Å²) in [4.78, 5) is 2.45. The first kappa shape index (κ1) is 13.7. The average Bonchev–Trinajstić information content (AvgIpc) is 2.48. The van der Waals surface area contributed by atoms with Gasteiger partial charge in [-0.25, -0.2) is 0 Å². The highest BCUT2D eigenvalue weighted by atomic mass is 16.5. The molecule has 0 aromatic heterocycles. The standard InChI is InChI=1S/C17H23NO2/c1-20-16-7-4-13(5-8-16)11-14-3-2-10-18-12-15(19)6-9-17(14)18/h4-5,7-8,11,15,17,19H,2-3,6,9-10,12H2,1H3/b14-11+/t15-,17+/m0/s1. The van der Waals surface area contributed by atoms with Crippen molar-refractivity contribution in [1.82, 2.24) is 4.90 Å². The number of aliphatic hydroxyl groups excluding tert-OH is 1. The molecule has 2 fully saturated rings. The lowest BCUT2D eigenvalue weighted by molar-refractivity contribution is 0.0371. The molecule has 1 aromatic rings. The van der Waals surface area contributed by atoms with Gasteiger partial charge in [-0.15, -0.1) is 0 Å². The van der Waals surface area contributed by atoms with E-state index in [2.05, 4.69) is 23.1 Å². The molecular weight excluding hydrogens is 250 g/mol. The van der Waals surface area contributed by atoms with Gasteiger partial charge in [0.1, 0.15) is 5.75 Å². The molecule has 2 heterocycles. The molecule has 0 saturated carbocycles. The summed E-state index contributed by atoms with van der Waals surface area (Å²) in [5, 5.41) is 9.81. The highest BCUT2D eigenvalue weighted by Gasteiger charge is 2.31. The van der Waals surface area contributed by atoms with Crippen LogP contribution < -0.4 is 4.74 Å². The largest absolute Gasteiger partial charge is 0.497 e. The number of rotatable bonds is 2. The molecule has 3 nitrogen and oxygen atoms in total. The zero-order chi connectivity index (χ0) is 13.9. The van der Waals surface area contributed by atoms with Gasteiger partial charge in [0, 0.05) is 12.6 Å². The number of ether oxygens (including phenoxy) is 1. The van der Waals surface area contributed by atoms with Gasteiger partial charge in [-0.3, -0.25) is 4.90 Å². The Morgan fingerprint density at radius 2 is 2.05 bits per heavy atom. The molecule has 20 heavy (non-hydrogen) atoms. The van der Waals surface area contributed by atoms with Crippen LogP contribution in [0.5, 0.6) is 5.75 Å². The Labute approximate surface area is 120 Å². The van der Waals surface area contributed by atoms with Crippen LogP contribution in [0.25, 0.3) is 6.08 Å². The summed E-state index contributed by atoms with van der Waals surface area (Å²) >= 11 is 0. The Morgan fingerprint density at radius 1 is 1.25 bits per heavy atom. The number of piperidine rings is 2. The zero-order valence-electron chi connectivity index (χ0n) is 12.1. The topological polar surface area (TPSA) is 32.7 Å². The molecular formula is C17H23NO2. The molecule has 3 heteroatoms. The molecule has 0 bridgehead atoms. The third-order valence-electron chi connectivity index (χ3n) is 4.47. The second kappa shape index (κ2) is 5.98. The van der Waals surface area contributed by atoms with Crippen molar-refractivity contribution in [2.45, 2.75) is 37.8 Å². The minimum atomic E-state index is -0.133. The van der Waals surface area contributed by atoms with E-state index in [4.69, 9.17) is 4.74 Å². The van der Waals surface area contributed by atoms with Crippen molar-refractivity contribution in [3.05, 3.63) is 35.4 Å². The van der Waals surface area contributed by atoms with Crippen molar-refractivity contribution in [2.24, 2.45) is 0 Å². The summed E-state index contributed by atoms with van der Waals surface area (Å²) in [6, 6.07) is 8.79. The minimum Gasteiger partial charge on any atom is -0.497 e. The van der Waals surface area contributed by atoms with Gasteiger partial charge in [-0.2, -0.15) is 0 Å². The Balaban J connectivity index is 1.78. The lowest BCUT2D eigenvalue weighted by atomic mass is 9.86. The lowest BCUT2D eigenvalue weighted by Crippen LogP contribution is -2.48. The van der Waals surface area contributed by atoms with Crippen LogP contribution in [-0.2, 0) is 0 Å². The van der Waals surface area contributed by atoms with Gasteiger partial charge in [0.15, 0.2) is 0 Å². The van der Waals surface area contributed by atoms with E-state index in [1.807, 2.05) is 12.1 Å². The second-order valence-corrected chi connectivity index (χ2v) is 5.84. The summed E-state index contributed by atoms with van der Waals surface area (Å²) < 4.78 is 5.20. The molecule has 108 valence electrons. The van der Waals surface area contributed by atoms with Crippen molar-refractivity contribution < 1.29 is 9.84 Å². The van der Waals surface area contributed by atoms with Gasteiger partial charge in [-0.1, -0.05) is 23.8 Å². The number of nitrogens with zero attached hydrogens (tertiary/aromatic N) is 1. The number of hydrogen-bond donors (Lipinski definition) is 1. The number of benzene rings is 1. The van der Waals surface area contributed by atoms with Crippen molar-refractivity contribution in [2.75, 3.05) is 20.2 Å².